The zero-order valence-corrected chi connectivity index (χ0v) is 19.7. The van der Waals surface area contributed by atoms with Crippen LogP contribution in [0.3, 0.4) is 0 Å². The second kappa shape index (κ2) is 10.3. The predicted octanol–water partition coefficient (Wildman–Crippen LogP) is 3.14. The van der Waals surface area contributed by atoms with Crippen LogP contribution >= 0.6 is 24.0 Å². The van der Waals surface area contributed by atoms with E-state index >= 15 is 0 Å². The first kappa shape index (κ1) is 25.0. The van der Waals surface area contributed by atoms with Crippen LogP contribution in [0.5, 0.6) is 5.75 Å². The summed E-state index contributed by atoms with van der Waals surface area (Å²) < 4.78 is 36.9. The highest BCUT2D eigenvalue weighted by Crippen LogP contribution is 2.42. The van der Waals surface area contributed by atoms with Gasteiger partial charge in [0.25, 0.3) is 0 Å². The number of hydrogen-bond acceptors (Lipinski definition) is 6. The van der Waals surface area contributed by atoms with Gasteiger partial charge < -0.3 is 9.84 Å². The third-order valence-corrected chi connectivity index (χ3v) is 5.82. The van der Waals surface area contributed by atoms with Crippen LogP contribution in [0, 0.1) is 11.8 Å². The molecule has 3 aliphatic heterocycles. The molecule has 4 heterocycles. The fraction of sp³-hybridized carbons (Fsp3) is 0.450. The highest BCUT2D eigenvalue weighted by Gasteiger charge is 2.42. The number of methoxy groups -OCH3 is 1. The molecule has 2 aromatic rings. The Bertz CT molecular complexity index is 978. The van der Waals surface area contributed by atoms with Crippen LogP contribution in [-0.2, 0) is 10.4 Å². The van der Waals surface area contributed by atoms with E-state index in [0.29, 0.717) is 11.8 Å². The highest BCUT2D eigenvalue weighted by molar-refractivity contribution is 14.0. The van der Waals surface area contributed by atoms with Crippen LogP contribution in [-0.4, -0.2) is 58.8 Å². The number of aliphatic hydroxyl groups is 1. The van der Waals surface area contributed by atoms with Crippen molar-refractivity contribution >= 4 is 45.3 Å². The number of nitrogens with zero attached hydrogens (tertiary/aromatic N) is 2. The summed E-state index contributed by atoms with van der Waals surface area (Å²) in [5.74, 6) is 2.01. The van der Waals surface area contributed by atoms with Crippen molar-refractivity contribution in [1.82, 2.24) is 9.88 Å². The van der Waals surface area contributed by atoms with Crippen molar-refractivity contribution in [3.8, 4) is 5.75 Å². The van der Waals surface area contributed by atoms with Gasteiger partial charge in [-0.05, 0) is 61.1 Å². The number of aliphatic hydroxyl groups excluding tert-OH is 1. The number of ether oxygens (including phenoxy) is 1. The molecule has 3 N–H and O–H groups in total. The van der Waals surface area contributed by atoms with Gasteiger partial charge in [0.15, 0.2) is 0 Å². The van der Waals surface area contributed by atoms with Gasteiger partial charge >= 0.3 is 10.4 Å². The van der Waals surface area contributed by atoms with Crippen LogP contribution in [0.2, 0.25) is 0 Å². The fourth-order valence-electron chi connectivity index (χ4n) is 4.44. The molecule has 10 heteroatoms. The number of piperidine rings is 3. The van der Waals surface area contributed by atoms with Crippen molar-refractivity contribution in [3.63, 3.8) is 0 Å². The molecule has 5 rings (SSSR count). The third-order valence-electron chi connectivity index (χ3n) is 5.82. The molecule has 3 aliphatic rings. The van der Waals surface area contributed by atoms with Crippen LogP contribution in [0.4, 0.5) is 0 Å². The largest absolute Gasteiger partial charge is 0.497 e. The van der Waals surface area contributed by atoms with E-state index in [1.165, 1.54) is 6.42 Å². The number of pyridine rings is 1. The Morgan fingerprint density at radius 3 is 2.60 bits per heavy atom. The Hall–Kier alpha value is -1.31. The summed E-state index contributed by atoms with van der Waals surface area (Å²) in [7, 11) is -3.01. The van der Waals surface area contributed by atoms with Gasteiger partial charge in [-0.3, -0.25) is 19.0 Å². The number of aromatic nitrogens is 1. The molecule has 166 valence electrons. The van der Waals surface area contributed by atoms with E-state index in [1.54, 1.807) is 13.3 Å². The van der Waals surface area contributed by atoms with Crippen molar-refractivity contribution in [2.75, 3.05) is 20.2 Å². The van der Waals surface area contributed by atoms with E-state index in [-0.39, 0.29) is 30.0 Å². The van der Waals surface area contributed by atoms with Gasteiger partial charge in [-0.15, -0.1) is 30.6 Å². The molecule has 1 aromatic heterocycles. The summed E-state index contributed by atoms with van der Waals surface area (Å²) in [4.78, 5) is 6.86. The third kappa shape index (κ3) is 5.89. The van der Waals surface area contributed by atoms with Gasteiger partial charge in [0.05, 0.1) is 18.7 Å². The lowest BCUT2D eigenvalue weighted by Gasteiger charge is -2.50. The zero-order chi connectivity index (χ0) is 21.2. The topological polar surface area (TPSA) is 120 Å². The molecule has 3 fully saturated rings. The second-order valence-electron chi connectivity index (χ2n) is 7.42. The van der Waals surface area contributed by atoms with E-state index in [9.17, 15) is 5.11 Å². The molecule has 0 saturated carbocycles. The first-order valence-corrected chi connectivity index (χ1v) is 10.8. The van der Waals surface area contributed by atoms with Crippen molar-refractivity contribution < 1.29 is 27.4 Å². The molecule has 0 amide bonds. The molecular formula is C20H27IN2O6S. The molecule has 1 aromatic carbocycles. The lowest BCUT2D eigenvalue weighted by Crippen LogP contribution is -2.54. The molecule has 8 nitrogen and oxygen atoms in total. The van der Waals surface area contributed by atoms with Gasteiger partial charge in [-0.1, -0.05) is 6.08 Å². The van der Waals surface area contributed by atoms with E-state index in [0.717, 1.165) is 41.7 Å². The monoisotopic (exact) mass is 550 g/mol. The fourth-order valence-corrected chi connectivity index (χ4v) is 4.44. The first-order valence-electron chi connectivity index (χ1n) is 9.38. The number of rotatable bonds is 4. The molecule has 5 atom stereocenters. The zero-order valence-electron chi connectivity index (χ0n) is 16.6. The molecule has 0 spiro atoms. The Morgan fingerprint density at radius 2 is 2.03 bits per heavy atom. The van der Waals surface area contributed by atoms with Crippen LogP contribution < -0.4 is 4.74 Å². The summed E-state index contributed by atoms with van der Waals surface area (Å²) in [6.07, 6.45) is 5.62. The molecule has 0 aliphatic carbocycles. The number of benzene rings is 1. The second-order valence-corrected chi connectivity index (χ2v) is 8.32. The summed E-state index contributed by atoms with van der Waals surface area (Å²) in [6, 6.07) is 7.96. The van der Waals surface area contributed by atoms with Crippen LogP contribution in [0.1, 0.15) is 24.5 Å². The molecule has 30 heavy (non-hydrogen) atoms. The minimum absolute atomic E-state index is 0. The summed E-state index contributed by atoms with van der Waals surface area (Å²) >= 11 is 0. The normalized spacial score (nSPS) is 26.1. The quantitative estimate of drug-likeness (QED) is 0.302. The van der Waals surface area contributed by atoms with Gasteiger partial charge in [0, 0.05) is 24.2 Å². The molecule has 1 unspecified atom stereocenters. The minimum Gasteiger partial charge on any atom is -0.497 e. The SMILES string of the molecule is C=C[C@H]1CN2CC[C@H]1C[C@H]2[C@H](O)c1ccnc2ccc(OC)cc12.I.O=S(=O)(O)O. The molecule has 3 saturated heterocycles. The molecule has 0 radical (unpaired) electrons. The smallest absolute Gasteiger partial charge is 0.394 e. The average molecular weight is 550 g/mol. The Morgan fingerprint density at radius 1 is 1.33 bits per heavy atom. The number of halogens is 1. The van der Waals surface area contributed by atoms with Gasteiger partial charge in [0.2, 0.25) is 0 Å². The van der Waals surface area contributed by atoms with Crippen molar-refractivity contribution in [3.05, 3.63) is 48.7 Å². The van der Waals surface area contributed by atoms with Crippen molar-refractivity contribution in [2.45, 2.75) is 25.0 Å². The molecule has 2 bridgehead atoms. The summed E-state index contributed by atoms with van der Waals surface area (Å²) in [5, 5.41) is 12.1. The maximum absolute atomic E-state index is 11.2. The van der Waals surface area contributed by atoms with Gasteiger partial charge in [-0.2, -0.15) is 8.42 Å². The van der Waals surface area contributed by atoms with E-state index in [4.69, 9.17) is 22.3 Å². The molecular weight excluding hydrogens is 523 g/mol. The maximum Gasteiger partial charge on any atom is 0.394 e. The number of hydrogen-bond donors (Lipinski definition) is 3. The van der Waals surface area contributed by atoms with E-state index < -0.39 is 16.5 Å². The Labute approximate surface area is 193 Å². The van der Waals surface area contributed by atoms with Crippen molar-refractivity contribution in [1.29, 1.82) is 0 Å². The van der Waals surface area contributed by atoms with Crippen molar-refractivity contribution in [2.24, 2.45) is 11.8 Å². The summed E-state index contributed by atoms with van der Waals surface area (Å²) in [6.45, 7) is 6.07. The highest BCUT2D eigenvalue weighted by atomic mass is 127. The van der Waals surface area contributed by atoms with Crippen LogP contribution in [0.15, 0.2) is 43.1 Å². The standard InChI is InChI=1S/C20H24N2O2.HI.H2O4S/c1-3-13-12-22-9-7-14(13)10-19(22)20(23)16-6-8-21-18-5-4-15(24-2)11-17(16)18;;1-5(2,3)4/h3-6,8,11,13-14,19-20,23H,1,7,9-10,12H2,2H3;1H;(H2,1,2,3,4)/t13-,14-,19-,20+;;/m0../s1. The maximum atomic E-state index is 11.2. The van der Waals surface area contributed by atoms with Gasteiger partial charge in [-0.25, -0.2) is 0 Å². The lowest BCUT2D eigenvalue weighted by atomic mass is 9.73. The van der Waals surface area contributed by atoms with Gasteiger partial charge in [0.1, 0.15) is 5.75 Å². The van der Waals surface area contributed by atoms with E-state index in [2.05, 4.69) is 22.5 Å². The Kier molecular flexibility index (Phi) is 8.60. The first-order chi connectivity index (χ1) is 13.7. The van der Waals surface area contributed by atoms with E-state index in [1.807, 2.05) is 24.3 Å². The summed E-state index contributed by atoms with van der Waals surface area (Å²) in [5.41, 5.74) is 1.85. The van der Waals surface area contributed by atoms with Crippen LogP contribution in [0.25, 0.3) is 10.9 Å². The predicted molar refractivity (Wildman–Crippen MR) is 125 cm³/mol. The minimum atomic E-state index is -4.67. The average Bonchev–Trinajstić information content (AvgIpc) is 2.71. The number of fused-ring (bicyclic) bond motifs is 4. The lowest BCUT2D eigenvalue weighted by molar-refractivity contribution is -0.0444. The Balaban J connectivity index is 0.000000482.